The molecule has 1 aromatic rings. The fourth-order valence-corrected chi connectivity index (χ4v) is 4.08. The van der Waals surface area contributed by atoms with Gasteiger partial charge in [-0.3, -0.25) is 9.59 Å². The number of nitrogens with zero attached hydrogens (tertiary/aromatic N) is 2. The van der Waals surface area contributed by atoms with Gasteiger partial charge in [-0.05, 0) is 30.2 Å². The predicted octanol–water partition coefficient (Wildman–Crippen LogP) is 2.46. The molecular weight excluding hydrogens is 441 g/mol. The van der Waals surface area contributed by atoms with E-state index in [2.05, 4.69) is 5.32 Å². The van der Waals surface area contributed by atoms with Crippen LogP contribution in [0.15, 0.2) is 24.3 Å². The quantitative estimate of drug-likeness (QED) is 0.621. The Balaban J connectivity index is 1.47. The number of halogens is 2. The number of carbonyl (C=O) groups is 2. The third-order valence-electron chi connectivity index (χ3n) is 5.66. The summed E-state index contributed by atoms with van der Waals surface area (Å²) in [6, 6.07) is 5.43. The number of carbonyl (C=O) groups excluding carboxylic acids is 2. The molecule has 7 nitrogen and oxygen atoms in total. The number of hydrogen-bond donors (Lipinski definition) is 1. The lowest BCUT2D eigenvalue weighted by Crippen LogP contribution is -2.49. The standard InChI is InChI=1S/C22H29Cl2N3O4/c1-30-20-15-31-13-7-19(20)25-8-10-27-12-11-26(9-6-22(27)29)21(28)5-3-16-2-4-17(23)18(24)14-16/h2-5,14,19-20,25H,6-13,15H2,1H3/t19-,20+/m1/s1. The molecule has 0 aromatic heterocycles. The molecule has 0 unspecified atom stereocenters. The van der Waals surface area contributed by atoms with Gasteiger partial charge >= 0.3 is 0 Å². The molecule has 1 aromatic carbocycles. The largest absolute Gasteiger partial charge is 0.379 e. The average molecular weight is 470 g/mol. The third-order valence-corrected chi connectivity index (χ3v) is 6.40. The van der Waals surface area contributed by atoms with Crippen LogP contribution in [0.25, 0.3) is 6.08 Å². The normalized spacial score (nSPS) is 22.7. The highest BCUT2D eigenvalue weighted by Crippen LogP contribution is 2.23. The molecule has 31 heavy (non-hydrogen) atoms. The van der Waals surface area contributed by atoms with Gasteiger partial charge in [-0.1, -0.05) is 29.3 Å². The summed E-state index contributed by atoms with van der Waals surface area (Å²) in [6.45, 7) is 4.04. The summed E-state index contributed by atoms with van der Waals surface area (Å²) in [6.07, 6.45) is 4.46. The SMILES string of the molecule is CO[C@H]1COCC[C@H]1NCCN1CCN(C(=O)C=Cc2ccc(Cl)c(Cl)c2)CCC1=O. The summed E-state index contributed by atoms with van der Waals surface area (Å²) in [5.74, 6) is -0.0511. The molecule has 0 saturated carbocycles. The van der Waals surface area contributed by atoms with Gasteiger partial charge in [-0.2, -0.15) is 0 Å². The van der Waals surface area contributed by atoms with Crippen molar-refractivity contribution in [2.45, 2.75) is 25.0 Å². The van der Waals surface area contributed by atoms with Crippen LogP contribution in [0.5, 0.6) is 0 Å². The molecule has 0 aliphatic carbocycles. The van der Waals surface area contributed by atoms with Crippen LogP contribution in [0.2, 0.25) is 10.0 Å². The first-order chi connectivity index (χ1) is 15.0. The second-order valence-electron chi connectivity index (χ2n) is 7.66. The van der Waals surface area contributed by atoms with Crippen LogP contribution < -0.4 is 5.32 Å². The summed E-state index contributed by atoms with van der Waals surface area (Å²) >= 11 is 11.9. The molecular formula is C22H29Cl2N3O4. The van der Waals surface area contributed by atoms with Crippen molar-refractivity contribution in [2.24, 2.45) is 0 Å². The highest BCUT2D eigenvalue weighted by molar-refractivity contribution is 6.42. The molecule has 2 saturated heterocycles. The highest BCUT2D eigenvalue weighted by Gasteiger charge is 2.26. The number of hydrogen-bond acceptors (Lipinski definition) is 5. The zero-order chi connectivity index (χ0) is 22.2. The maximum Gasteiger partial charge on any atom is 0.246 e. The van der Waals surface area contributed by atoms with Gasteiger partial charge in [0, 0.05) is 65.0 Å². The van der Waals surface area contributed by atoms with E-state index >= 15 is 0 Å². The van der Waals surface area contributed by atoms with Crippen LogP contribution in [0.1, 0.15) is 18.4 Å². The second-order valence-corrected chi connectivity index (χ2v) is 8.48. The molecule has 0 bridgehead atoms. The van der Waals surface area contributed by atoms with Crippen LogP contribution in [0, 0.1) is 0 Å². The highest BCUT2D eigenvalue weighted by atomic mass is 35.5. The topological polar surface area (TPSA) is 71.1 Å². The van der Waals surface area contributed by atoms with Crippen molar-refractivity contribution in [3.63, 3.8) is 0 Å². The predicted molar refractivity (Wildman–Crippen MR) is 121 cm³/mol. The third kappa shape index (κ3) is 6.92. The van der Waals surface area contributed by atoms with Crippen molar-refractivity contribution in [3.05, 3.63) is 39.9 Å². The molecule has 2 fully saturated rings. The zero-order valence-electron chi connectivity index (χ0n) is 17.7. The molecule has 0 radical (unpaired) electrons. The van der Waals surface area contributed by atoms with Crippen molar-refractivity contribution in [3.8, 4) is 0 Å². The van der Waals surface area contributed by atoms with Crippen molar-refractivity contribution in [1.29, 1.82) is 0 Å². The lowest BCUT2D eigenvalue weighted by molar-refractivity contribution is -0.130. The summed E-state index contributed by atoms with van der Waals surface area (Å²) in [5.41, 5.74) is 0.795. The van der Waals surface area contributed by atoms with E-state index < -0.39 is 0 Å². The number of methoxy groups -OCH3 is 1. The van der Waals surface area contributed by atoms with Gasteiger partial charge in [0.2, 0.25) is 11.8 Å². The first-order valence-corrected chi connectivity index (χ1v) is 11.3. The van der Waals surface area contributed by atoms with E-state index in [9.17, 15) is 9.59 Å². The molecule has 2 heterocycles. The molecule has 9 heteroatoms. The van der Waals surface area contributed by atoms with Gasteiger partial charge in [0.1, 0.15) is 0 Å². The summed E-state index contributed by atoms with van der Waals surface area (Å²) < 4.78 is 10.9. The number of rotatable bonds is 7. The number of benzene rings is 1. The Bertz CT molecular complexity index is 805. The Morgan fingerprint density at radius 1 is 1.29 bits per heavy atom. The molecule has 2 atom stereocenters. The van der Waals surface area contributed by atoms with Gasteiger partial charge in [-0.25, -0.2) is 0 Å². The Hall–Kier alpha value is -1.64. The lowest BCUT2D eigenvalue weighted by Gasteiger charge is -2.32. The fraction of sp³-hybridized carbons (Fsp3) is 0.545. The first-order valence-electron chi connectivity index (χ1n) is 10.5. The van der Waals surface area contributed by atoms with Crippen molar-refractivity contribution >= 4 is 41.1 Å². The van der Waals surface area contributed by atoms with Crippen LogP contribution in [0.4, 0.5) is 0 Å². The van der Waals surface area contributed by atoms with Crippen LogP contribution >= 0.6 is 23.2 Å². The molecule has 3 rings (SSSR count). The smallest absolute Gasteiger partial charge is 0.246 e. The zero-order valence-corrected chi connectivity index (χ0v) is 19.2. The fourth-order valence-electron chi connectivity index (χ4n) is 3.78. The van der Waals surface area contributed by atoms with Gasteiger partial charge in [-0.15, -0.1) is 0 Å². The van der Waals surface area contributed by atoms with Crippen LogP contribution in [-0.2, 0) is 19.1 Å². The summed E-state index contributed by atoms with van der Waals surface area (Å²) in [4.78, 5) is 28.6. The number of amides is 2. The van der Waals surface area contributed by atoms with E-state index in [1.807, 2.05) is 4.90 Å². The molecule has 2 amide bonds. The minimum absolute atomic E-state index is 0.0315. The van der Waals surface area contributed by atoms with Gasteiger partial charge in [0.15, 0.2) is 0 Å². The Kier molecular flexibility index (Phi) is 9.16. The molecule has 2 aliphatic heterocycles. The monoisotopic (exact) mass is 469 g/mol. The molecule has 0 spiro atoms. The molecule has 2 aliphatic rings. The maximum absolute atomic E-state index is 12.6. The van der Waals surface area contributed by atoms with Crippen molar-refractivity contribution in [2.75, 3.05) is 53.0 Å². The van der Waals surface area contributed by atoms with E-state index in [0.29, 0.717) is 62.4 Å². The van der Waals surface area contributed by atoms with E-state index in [-0.39, 0.29) is 24.0 Å². The van der Waals surface area contributed by atoms with Gasteiger partial charge in [0.25, 0.3) is 0 Å². The second kappa shape index (κ2) is 11.8. The molecule has 170 valence electrons. The van der Waals surface area contributed by atoms with Crippen LogP contribution in [-0.4, -0.2) is 86.8 Å². The maximum atomic E-state index is 12.6. The van der Waals surface area contributed by atoms with Crippen molar-refractivity contribution in [1.82, 2.24) is 15.1 Å². The Morgan fingerprint density at radius 2 is 2.13 bits per heavy atom. The number of nitrogens with one attached hydrogen (secondary N) is 1. The molecule has 1 N–H and O–H groups in total. The summed E-state index contributed by atoms with van der Waals surface area (Å²) in [5, 5.41) is 4.40. The Labute approximate surface area is 193 Å². The van der Waals surface area contributed by atoms with Gasteiger partial charge in [0.05, 0.1) is 22.8 Å². The lowest BCUT2D eigenvalue weighted by atomic mass is 10.1. The minimum Gasteiger partial charge on any atom is -0.379 e. The Morgan fingerprint density at radius 3 is 2.90 bits per heavy atom. The van der Waals surface area contributed by atoms with E-state index in [0.717, 1.165) is 12.0 Å². The minimum atomic E-state index is -0.121. The van der Waals surface area contributed by atoms with E-state index in [4.69, 9.17) is 32.7 Å². The van der Waals surface area contributed by atoms with Gasteiger partial charge < -0.3 is 24.6 Å². The average Bonchev–Trinajstić information content (AvgIpc) is 2.96. The van der Waals surface area contributed by atoms with E-state index in [1.165, 1.54) is 6.08 Å². The van der Waals surface area contributed by atoms with Crippen LogP contribution in [0.3, 0.4) is 0 Å². The summed E-state index contributed by atoms with van der Waals surface area (Å²) in [7, 11) is 1.69. The van der Waals surface area contributed by atoms with Crippen molar-refractivity contribution < 1.29 is 19.1 Å². The van der Waals surface area contributed by atoms with E-state index in [1.54, 1.807) is 36.3 Å². The first kappa shape index (κ1) is 24.0. The number of ether oxygens (including phenoxy) is 2.